The molecule has 0 saturated carbocycles. The first-order valence-electron chi connectivity index (χ1n) is 5.13. The fourth-order valence-electron chi connectivity index (χ4n) is 1.96. The van der Waals surface area contributed by atoms with E-state index in [0.717, 1.165) is 25.2 Å². The molecule has 0 amide bonds. The van der Waals surface area contributed by atoms with Gasteiger partial charge in [0.15, 0.2) is 0 Å². The predicted molar refractivity (Wildman–Crippen MR) is 58.5 cm³/mol. The van der Waals surface area contributed by atoms with Crippen LogP contribution in [0.4, 0.5) is 11.8 Å². The van der Waals surface area contributed by atoms with Crippen LogP contribution in [0.5, 0.6) is 0 Å². The Balaban J connectivity index is 2.17. The van der Waals surface area contributed by atoms with Gasteiger partial charge in [0.05, 0.1) is 5.60 Å². The molecule has 0 spiro atoms. The van der Waals surface area contributed by atoms with E-state index in [4.69, 9.17) is 5.73 Å². The number of piperidine rings is 1. The van der Waals surface area contributed by atoms with E-state index in [2.05, 4.69) is 9.97 Å². The van der Waals surface area contributed by atoms with Gasteiger partial charge in [0.1, 0.15) is 5.82 Å². The summed E-state index contributed by atoms with van der Waals surface area (Å²) in [7, 11) is 0. The predicted octanol–water partition coefficient (Wildman–Crippen LogP) is 0.410. The molecule has 0 bridgehead atoms. The van der Waals surface area contributed by atoms with Gasteiger partial charge in [-0.1, -0.05) is 0 Å². The average Bonchev–Trinajstić information content (AvgIpc) is 2.16. The lowest BCUT2D eigenvalue weighted by Crippen LogP contribution is -2.46. The molecular weight excluding hydrogens is 192 g/mol. The number of nitrogen functional groups attached to an aromatic ring is 1. The van der Waals surface area contributed by atoms with Crippen molar-refractivity contribution >= 4 is 11.8 Å². The Morgan fingerprint density at radius 1 is 1.60 bits per heavy atom. The third-order valence-corrected chi connectivity index (χ3v) is 2.66. The Hall–Kier alpha value is -1.36. The molecule has 15 heavy (non-hydrogen) atoms. The van der Waals surface area contributed by atoms with Crippen LogP contribution < -0.4 is 10.6 Å². The number of β-amino-alcohol motifs (C(OH)–C–C–N with tert-alkyl or cyclic N) is 1. The van der Waals surface area contributed by atoms with Crippen LogP contribution in [0.1, 0.15) is 19.8 Å². The Kier molecular flexibility index (Phi) is 2.48. The first-order chi connectivity index (χ1) is 7.07. The molecule has 0 aromatic carbocycles. The van der Waals surface area contributed by atoms with Crippen LogP contribution in [0.25, 0.3) is 0 Å². The lowest BCUT2D eigenvalue weighted by molar-refractivity contribution is 0.0447. The molecule has 1 atom stereocenters. The van der Waals surface area contributed by atoms with Crippen molar-refractivity contribution in [3.05, 3.63) is 12.3 Å². The van der Waals surface area contributed by atoms with E-state index in [1.807, 2.05) is 17.9 Å². The second-order valence-electron chi connectivity index (χ2n) is 4.30. The highest BCUT2D eigenvalue weighted by molar-refractivity contribution is 5.41. The molecule has 1 fully saturated rings. The standard InChI is InChI=1S/C10H16N4O/c1-10(15)4-2-6-14(7-10)8-3-5-12-9(11)13-8/h3,5,15H,2,4,6-7H2,1H3,(H2,11,12,13). The fraction of sp³-hybridized carbons (Fsp3) is 0.600. The van der Waals surface area contributed by atoms with Gasteiger partial charge in [-0.15, -0.1) is 0 Å². The monoisotopic (exact) mass is 208 g/mol. The van der Waals surface area contributed by atoms with Crippen LogP contribution in [0.15, 0.2) is 12.3 Å². The molecule has 0 radical (unpaired) electrons. The van der Waals surface area contributed by atoms with Gasteiger partial charge in [-0.25, -0.2) is 4.98 Å². The SMILES string of the molecule is CC1(O)CCCN(c2ccnc(N)n2)C1. The summed E-state index contributed by atoms with van der Waals surface area (Å²) in [4.78, 5) is 10.0. The summed E-state index contributed by atoms with van der Waals surface area (Å²) in [6.45, 7) is 3.36. The van der Waals surface area contributed by atoms with Gasteiger partial charge < -0.3 is 15.7 Å². The highest BCUT2D eigenvalue weighted by Gasteiger charge is 2.28. The minimum atomic E-state index is -0.627. The van der Waals surface area contributed by atoms with Crippen molar-refractivity contribution in [2.45, 2.75) is 25.4 Å². The second kappa shape index (κ2) is 3.66. The zero-order valence-electron chi connectivity index (χ0n) is 8.85. The molecule has 1 saturated heterocycles. The molecule has 1 unspecified atom stereocenters. The summed E-state index contributed by atoms with van der Waals surface area (Å²) in [6.07, 6.45) is 3.45. The zero-order valence-corrected chi connectivity index (χ0v) is 8.85. The number of aliphatic hydroxyl groups is 1. The average molecular weight is 208 g/mol. The van der Waals surface area contributed by atoms with E-state index >= 15 is 0 Å². The van der Waals surface area contributed by atoms with Crippen molar-refractivity contribution in [1.82, 2.24) is 9.97 Å². The van der Waals surface area contributed by atoms with Gasteiger partial charge >= 0.3 is 0 Å². The Morgan fingerprint density at radius 3 is 3.07 bits per heavy atom. The molecular formula is C10H16N4O. The minimum absolute atomic E-state index is 0.276. The highest BCUT2D eigenvalue weighted by atomic mass is 16.3. The topological polar surface area (TPSA) is 75.3 Å². The van der Waals surface area contributed by atoms with Crippen molar-refractivity contribution in [2.75, 3.05) is 23.7 Å². The largest absolute Gasteiger partial charge is 0.388 e. The van der Waals surface area contributed by atoms with Gasteiger partial charge in [-0.05, 0) is 25.8 Å². The number of aromatic nitrogens is 2. The minimum Gasteiger partial charge on any atom is -0.388 e. The highest BCUT2D eigenvalue weighted by Crippen LogP contribution is 2.24. The number of nitrogens with zero attached hydrogens (tertiary/aromatic N) is 3. The second-order valence-corrected chi connectivity index (χ2v) is 4.30. The lowest BCUT2D eigenvalue weighted by Gasteiger charge is -2.37. The molecule has 2 heterocycles. The smallest absolute Gasteiger partial charge is 0.221 e. The summed E-state index contributed by atoms with van der Waals surface area (Å²) in [5.74, 6) is 1.07. The molecule has 1 aromatic heterocycles. The number of hydrogen-bond acceptors (Lipinski definition) is 5. The molecule has 2 rings (SSSR count). The van der Waals surface area contributed by atoms with Crippen molar-refractivity contribution in [3.8, 4) is 0 Å². The Labute approximate surface area is 88.9 Å². The summed E-state index contributed by atoms with van der Waals surface area (Å²) in [5.41, 5.74) is 4.89. The molecule has 5 nitrogen and oxygen atoms in total. The maximum Gasteiger partial charge on any atom is 0.221 e. The van der Waals surface area contributed by atoms with E-state index in [1.54, 1.807) is 6.20 Å². The van der Waals surface area contributed by atoms with E-state index in [-0.39, 0.29) is 5.95 Å². The van der Waals surface area contributed by atoms with Gasteiger partial charge in [0.25, 0.3) is 0 Å². The van der Waals surface area contributed by atoms with Crippen molar-refractivity contribution in [3.63, 3.8) is 0 Å². The summed E-state index contributed by atoms with van der Waals surface area (Å²) in [5, 5.41) is 9.96. The molecule has 5 heteroatoms. The van der Waals surface area contributed by atoms with Crippen molar-refractivity contribution < 1.29 is 5.11 Å². The summed E-state index contributed by atoms with van der Waals surface area (Å²) >= 11 is 0. The van der Waals surface area contributed by atoms with E-state index < -0.39 is 5.60 Å². The van der Waals surface area contributed by atoms with Crippen LogP contribution in [0, 0.1) is 0 Å². The van der Waals surface area contributed by atoms with Gasteiger partial charge in [-0.2, -0.15) is 4.98 Å². The van der Waals surface area contributed by atoms with Gasteiger partial charge in [0.2, 0.25) is 5.95 Å². The first kappa shape index (κ1) is 10.2. The number of anilines is 2. The number of hydrogen-bond donors (Lipinski definition) is 2. The third kappa shape index (κ3) is 2.36. The summed E-state index contributed by atoms with van der Waals surface area (Å²) < 4.78 is 0. The maximum absolute atomic E-state index is 9.96. The van der Waals surface area contributed by atoms with Gasteiger partial charge in [0, 0.05) is 19.3 Å². The number of nitrogens with two attached hydrogens (primary N) is 1. The zero-order chi connectivity index (χ0) is 10.9. The van der Waals surface area contributed by atoms with E-state index in [1.165, 1.54) is 0 Å². The molecule has 82 valence electrons. The Morgan fingerprint density at radius 2 is 2.40 bits per heavy atom. The van der Waals surface area contributed by atoms with Crippen LogP contribution >= 0.6 is 0 Å². The van der Waals surface area contributed by atoms with E-state index in [0.29, 0.717) is 6.54 Å². The third-order valence-electron chi connectivity index (χ3n) is 2.66. The van der Waals surface area contributed by atoms with E-state index in [9.17, 15) is 5.11 Å². The van der Waals surface area contributed by atoms with Crippen LogP contribution in [0.3, 0.4) is 0 Å². The molecule has 3 N–H and O–H groups in total. The molecule has 1 aliphatic rings. The van der Waals surface area contributed by atoms with Crippen LogP contribution in [-0.4, -0.2) is 33.8 Å². The fourth-order valence-corrected chi connectivity index (χ4v) is 1.96. The van der Waals surface area contributed by atoms with Crippen molar-refractivity contribution in [2.24, 2.45) is 0 Å². The summed E-state index contributed by atoms with van der Waals surface area (Å²) in [6, 6.07) is 1.82. The van der Waals surface area contributed by atoms with Crippen LogP contribution in [0.2, 0.25) is 0 Å². The van der Waals surface area contributed by atoms with Crippen molar-refractivity contribution in [1.29, 1.82) is 0 Å². The first-order valence-corrected chi connectivity index (χ1v) is 5.13. The molecule has 0 aliphatic carbocycles. The number of rotatable bonds is 1. The Bertz CT molecular complexity index is 353. The molecule has 1 aliphatic heterocycles. The lowest BCUT2D eigenvalue weighted by atomic mass is 9.95. The molecule has 1 aromatic rings. The quantitative estimate of drug-likeness (QED) is 0.699. The normalized spacial score (nSPS) is 26.7. The maximum atomic E-state index is 9.96. The van der Waals surface area contributed by atoms with Crippen LogP contribution in [-0.2, 0) is 0 Å². The van der Waals surface area contributed by atoms with Gasteiger partial charge in [-0.3, -0.25) is 0 Å².